The van der Waals surface area contributed by atoms with Crippen molar-refractivity contribution in [2.75, 3.05) is 44.2 Å². The number of nitrogens with zero attached hydrogens (tertiary/aromatic N) is 3. The van der Waals surface area contributed by atoms with Gasteiger partial charge in [-0.25, -0.2) is 0 Å². The predicted octanol–water partition coefficient (Wildman–Crippen LogP) is 2.63. The van der Waals surface area contributed by atoms with Crippen molar-refractivity contribution in [3.63, 3.8) is 0 Å². The third-order valence-corrected chi connectivity index (χ3v) is 5.31. The molecule has 0 bridgehead atoms. The highest BCUT2D eigenvalue weighted by Gasteiger charge is 2.25. The summed E-state index contributed by atoms with van der Waals surface area (Å²) in [5, 5.41) is 0.532. The second kappa shape index (κ2) is 7.43. The molecular formula is C18H24ClN3O2. The third kappa shape index (κ3) is 3.51. The lowest BCUT2D eigenvalue weighted by atomic mass is 10.1. The monoisotopic (exact) mass is 349 g/mol. The van der Waals surface area contributed by atoms with E-state index >= 15 is 0 Å². The number of piperidine rings is 1. The van der Waals surface area contributed by atoms with Gasteiger partial charge in [0.15, 0.2) is 0 Å². The van der Waals surface area contributed by atoms with Gasteiger partial charge in [-0.2, -0.15) is 0 Å². The van der Waals surface area contributed by atoms with Crippen LogP contribution in [0.3, 0.4) is 0 Å². The van der Waals surface area contributed by atoms with Crippen molar-refractivity contribution in [2.24, 2.45) is 0 Å². The minimum Gasteiger partial charge on any atom is -0.367 e. The predicted molar refractivity (Wildman–Crippen MR) is 95.7 cm³/mol. The molecule has 0 atom stereocenters. The molecule has 2 saturated heterocycles. The molecule has 1 aromatic carbocycles. The Morgan fingerprint density at radius 3 is 2.21 bits per heavy atom. The van der Waals surface area contributed by atoms with Gasteiger partial charge in [0.2, 0.25) is 5.91 Å². The lowest BCUT2D eigenvalue weighted by molar-refractivity contribution is -0.129. The number of rotatable bonds is 2. The van der Waals surface area contributed by atoms with E-state index in [-0.39, 0.29) is 11.8 Å². The van der Waals surface area contributed by atoms with Crippen molar-refractivity contribution in [2.45, 2.75) is 26.2 Å². The molecule has 2 fully saturated rings. The third-order valence-electron chi connectivity index (χ3n) is 4.92. The maximum Gasteiger partial charge on any atom is 0.255 e. The molecular weight excluding hydrogens is 326 g/mol. The quantitative estimate of drug-likeness (QED) is 0.824. The lowest BCUT2D eigenvalue weighted by Crippen LogP contribution is -2.48. The minimum absolute atomic E-state index is 0.0314. The summed E-state index contributed by atoms with van der Waals surface area (Å²) in [5.74, 6) is 0.138. The second-order valence-corrected chi connectivity index (χ2v) is 6.86. The molecule has 5 nitrogen and oxygen atoms in total. The zero-order chi connectivity index (χ0) is 17.1. The number of hydrogen-bond acceptors (Lipinski definition) is 3. The van der Waals surface area contributed by atoms with Crippen molar-refractivity contribution in [1.29, 1.82) is 0 Å². The Hall–Kier alpha value is -1.75. The molecule has 2 aliphatic rings. The topological polar surface area (TPSA) is 43.9 Å². The molecule has 6 heteroatoms. The maximum atomic E-state index is 12.8. The van der Waals surface area contributed by atoms with Crippen molar-refractivity contribution >= 4 is 29.1 Å². The van der Waals surface area contributed by atoms with Gasteiger partial charge in [-0.1, -0.05) is 17.7 Å². The van der Waals surface area contributed by atoms with E-state index in [0.29, 0.717) is 23.7 Å². The number of benzene rings is 1. The zero-order valence-electron chi connectivity index (χ0n) is 14.1. The largest absolute Gasteiger partial charge is 0.367 e. The van der Waals surface area contributed by atoms with E-state index in [2.05, 4.69) is 4.90 Å². The average molecular weight is 350 g/mol. The van der Waals surface area contributed by atoms with Gasteiger partial charge in [0.1, 0.15) is 0 Å². The molecule has 0 N–H and O–H groups in total. The Morgan fingerprint density at radius 1 is 0.917 bits per heavy atom. The fourth-order valence-electron chi connectivity index (χ4n) is 3.46. The van der Waals surface area contributed by atoms with Crippen LogP contribution in [0.2, 0.25) is 5.02 Å². The molecule has 130 valence electrons. The standard InChI is InChI=1S/C18H24ClN3O2/c1-14(23)20-10-12-21(13-11-20)16-7-5-6-15(17(16)19)18(24)22-8-3-2-4-9-22/h5-7H,2-4,8-13H2,1H3. The number of hydrogen-bond donors (Lipinski definition) is 0. The molecule has 2 amide bonds. The number of halogens is 1. The highest BCUT2D eigenvalue weighted by molar-refractivity contribution is 6.36. The summed E-state index contributed by atoms with van der Waals surface area (Å²) in [5.41, 5.74) is 1.48. The first-order valence-corrected chi connectivity index (χ1v) is 9.04. The Kier molecular flexibility index (Phi) is 5.29. The van der Waals surface area contributed by atoms with Crippen LogP contribution in [0, 0.1) is 0 Å². The molecule has 0 unspecified atom stereocenters. The van der Waals surface area contributed by atoms with Crippen LogP contribution in [-0.2, 0) is 4.79 Å². The van der Waals surface area contributed by atoms with Crippen LogP contribution in [0.5, 0.6) is 0 Å². The highest BCUT2D eigenvalue weighted by atomic mass is 35.5. The smallest absolute Gasteiger partial charge is 0.255 e. The molecule has 0 spiro atoms. The summed E-state index contributed by atoms with van der Waals surface area (Å²) in [7, 11) is 0. The van der Waals surface area contributed by atoms with Crippen LogP contribution in [0.25, 0.3) is 0 Å². The van der Waals surface area contributed by atoms with Gasteiger partial charge in [0.25, 0.3) is 5.91 Å². The first kappa shape index (κ1) is 17.1. The van der Waals surface area contributed by atoms with Crippen molar-refractivity contribution in [1.82, 2.24) is 9.80 Å². The first-order chi connectivity index (χ1) is 11.6. The molecule has 2 aliphatic heterocycles. The van der Waals surface area contributed by atoms with E-state index in [0.717, 1.165) is 44.7 Å². The van der Waals surface area contributed by atoms with Crippen LogP contribution in [0.4, 0.5) is 5.69 Å². The van der Waals surface area contributed by atoms with E-state index < -0.39 is 0 Å². The van der Waals surface area contributed by atoms with E-state index in [9.17, 15) is 9.59 Å². The summed E-state index contributed by atoms with van der Waals surface area (Å²) < 4.78 is 0. The molecule has 1 aromatic rings. The lowest BCUT2D eigenvalue weighted by Gasteiger charge is -2.36. The summed E-state index contributed by atoms with van der Waals surface area (Å²) >= 11 is 6.59. The van der Waals surface area contributed by atoms with Crippen LogP contribution >= 0.6 is 11.6 Å². The van der Waals surface area contributed by atoms with Gasteiger partial charge in [0, 0.05) is 46.2 Å². The zero-order valence-corrected chi connectivity index (χ0v) is 14.9. The van der Waals surface area contributed by atoms with Gasteiger partial charge < -0.3 is 14.7 Å². The molecule has 0 saturated carbocycles. The Morgan fingerprint density at radius 2 is 1.58 bits per heavy atom. The van der Waals surface area contributed by atoms with Gasteiger partial charge in [0.05, 0.1) is 16.3 Å². The Bertz CT molecular complexity index is 621. The Labute approximate surface area is 148 Å². The summed E-state index contributed by atoms with van der Waals surface area (Å²) in [4.78, 5) is 30.1. The van der Waals surface area contributed by atoms with E-state index in [1.807, 2.05) is 28.0 Å². The van der Waals surface area contributed by atoms with Crippen LogP contribution < -0.4 is 4.90 Å². The molecule has 0 aromatic heterocycles. The SMILES string of the molecule is CC(=O)N1CCN(c2cccc(C(=O)N3CCCCC3)c2Cl)CC1. The molecule has 2 heterocycles. The fourth-order valence-corrected chi connectivity index (χ4v) is 3.79. The number of anilines is 1. The van der Waals surface area contributed by atoms with Crippen molar-refractivity contribution < 1.29 is 9.59 Å². The summed E-state index contributed by atoms with van der Waals surface area (Å²) in [6.45, 7) is 6.08. The summed E-state index contributed by atoms with van der Waals surface area (Å²) in [6, 6.07) is 5.67. The number of carbonyl (C=O) groups excluding carboxylic acids is 2. The van der Waals surface area contributed by atoms with Crippen molar-refractivity contribution in [3.8, 4) is 0 Å². The van der Waals surface area contributed by atoms with Crippen LogP contribution in [-0.4, -0.2) is 60.9 Å². The van der Waals surface area contributed by atoms with Crippen LogP contribution in [0.1, 0.15) is 36.5 Å². The second-order valence-electron chi connectivity index (χ2n) is 6.48. The molecule has 0 aliphatic carbocycles. The van der Waals surface area contributed by atoms with E-state index in [1.165, 1.54) is 6.42 Å². The fraction of sp³-hybridized carbons (Fsp3) is 0.556. The number of amides is 2. The number of carbonyl (C=O) groups is 2. The first-order valence-electron chi connectivity index (χ1n) is 8.66. The van der Waals surface area contributed by atoms with Gasteiger partial charge in [-0.3, -0.25) is 9.59 Å². The molecule has 3 rings (SSSR count). The number of likely N-dealkylation sites (tertiary alicyclic amines) is 1. The van der Waals surface area contributed by atoms with Crippen molar-refractivity contribution in [3.05, 3.63) is 28.8 Å². The number of piperazine rings is 1. The molecule has 0 radical (unpaired) electrons. The van der Waals surface area contributed by atoms with Gasteiger partial charge >= 0.3 is 0 Å². The highest BCUT2D eigenvalue weighted by Crippen LogP contribution is 2.31. The van der Waals surface area contributed by atoms with Gasteiger partial charge in [-0.15, -0.1) is 0 Å². The van der Waals surface area contributed by atoms with E-state index in [1.54, 1.807) is 6.92 Å². The van der Waals surface area contributed by atoms with E-state index in [4.69, 9.17) is 11.6 Å². The average Bonchev–Trinajstić information content (AvgIpc) is 2.62. The Balaban J connectivity index is 1.76. The van der Waals surface area contributed by atoms with Gasteiger partial charge in [-0.05, 0) is 31.4 Å². The maximum absolute atomic E-state index is 12.8. The van der Waals surface area contributed by atoms with Crippen LogP contribution in [0.15, 0.2) is 18.2 Å². The minimum atomic E-state index is 0.0314. The summed E-state index contributed by atoms with van der Waals surface area (Å²) in [6.07, 6.45) is 3.32. The molecule has 24 heavy (non-hydrogen) atoms. The normalized spacial score (nSPS) is 18.7.